The fourth-order valence-electron chi connectivity index (χ4n) is 2.84. The Balaban J connectivity index is 1.73. The molecule has 0 saturated carbocycles. The molecule has 132 valence electrons. The summed E-state index contributed by atoms with van der Waals surface area (Å²) in [6.07, 6.45) is -1.25. The van der Waals surface area contributed by atoms with E-state index in [4.69, 9.17) is 14.3 Å². The normalized spacial score (nSPS) is 20.5. The van der Waals surface area contributed by atoms with Gasteiger partial charge < -0.3 is 19.2 Å². The van der Waals surface area contributed by atoms with Crippen LogP contribution in [0.4, 0.5) is 0 Å². The standard InChI is InChI=1S/C18H20N2O5/c1-11-9-20(10-15(24-11)18(22)23)16(21)8-14-12(2)25-17(19-14)13-6-4-3-5-7-13/h3-7,11,15H,8-10H2,1-2H3,(H,22,23)/t11-,15?/m1/s1. The van der Waals surface area contributed by atoms with E-state index in [1.54, 1.807) is 13.8 Å². The SMILES string of the molecule is Cc1oc(-c2ccccc2)nc1CC(=O)N1CC(C(=O)O)O[C@H](C)C1. The Kier molecular flexibility index (Phi) is 4.85. The minimum Gasteiger partial charge on any atom is -0.479 e. The number of amides is 1. The second-order valence-corrected chi connectivity index (χ2v) is 6.14. The molecule has 1 N–H and O–H groups in total. The lowest BCUT2D eigenvalue weighted by atomic mass is 10.1. The number of hydrogen-bond donors (Lipinski definition) is 1. The Hall–Kier alpha value is -2.67. The number of rotatable bonds is 4. The van der Waals surface area contributed by atoms with Gasteiger partial charge >= 0.3 is 5.97 Å². The Bertz CT molecular complexity index is 771. The van der Waals surface area contributed by atoms with E-state index >= 15 is 0 Å². The van der Waals surface area contributed by atoms with E-state index in [0.29, 0.717) is 23.9 Å². The Morgan fingerprint density at radius 3 is 2.68 bits per heavy atom. The molecule has 1 unspecified atom stereocenters. The first-order chi connectivity index (χ1) is 11.9. The molecule has 2 heterocycles. The number of carbonyl (C=O) groups excluding carboxylic acids is 1. The molecule has 1 aliphatic heterocycles. The number of carboxylic acids is 1. The zero-order chi connectivity index (χ0) is 18.0. The van der Waals surface area contributed by atoms with Crippen LogP contribution in [0.5, 0.6) is 0 Å². The number of aryl methyl sites for hydroxylation is 1. The number of aromatic nitrogens is 1. The fourth-order valence-corrected chi connectivity index (χ4v) is 2.84. The number of benzene rings is 1. The lowest BCUT2D eigenvalue weighted by Crippen LogP contribution is -2.52. The number of hydrogen-bond acceptors (Lipinski definition) is 5. The van der Waals surface area contributed by atoms with Crippen LogP contribution in [0.25, 0.3) is 11.5 Å². The number of morpholine rings is 1. The summed E-state index contributed by atoms with van der Waals surface area (Å²) >= 11 is 0. The molecule has 0 aliphatic carbocycles. The van der Waals surface area contributed by atoms with Crippen molar-refractivity contribution in [1.29, 1.82) is 0 Å². The van der Waals surface area contributed by atoms with Crippen LogP contribution >= 0.6 is 0 Å². The summed E-state index contributed by atoms with van der Waals surface area (Å²) in [6, 6.07) is 9.46. The van der Waals surface area contributed by atoms with E-state index in [1.165, 1.54) is 4.90 Å². The summed E-state index contributed by atoms with van der Waals surface area (Å²) in [6.45, 7) is 3.93. The highest BCUT2D eigenvalue weighted by Crippen LogP contribution is 2.22. The molecule has 3 rings (SSSR count). The number of carbonyl (C=O) groups is 2. The van der Waals surface area contributed by atoms with Gasteiger partial charge in [0.1, 0.15) is 5.76 Å². The fraction of sp³-hybridized carbons (Fsp3) is 0.389. The first-order valence-electron chi connectivity index (χ1n) is 8.12. The van der Waals surface area contributed by atoms with Gasteiger partial charge in [-0.15, -0.1) is 0 Å². The van der Waals surface area contributed by atoms with Gasteiger partial charge in [0.25, 0.3) is 0 Å². The Morgan fingerprint density at radius 2 is 2.00 bits per heavy atom. The van der Waals surface area contributed by atoms with Gasteiger partial charge in [-0.1, -0.05) is 18.2 Å². The molecule has 0 spiro atoms. The number of aliphatic carboxylic acids is 1. The van der Waals surface area contributed by atoms with E-state index in [1.807, 2.05) is 30.3 Å². The van der Waals surface area contributed by atoms with Crippen LogP contribution in [-0.2, 0) is 20.7 Å². The van der Waals surface area contributed by atoms with Crippen LogP contribution < -0.4 is 0 Å². The van der Waals surface area contributed by atoms with Gasteiger partial charge in [-0.3, -0.25) is 4.79 Å². The molecule has 2 atom stereocenters. The highest BCUT2D eigenvalue weighted by Gasteiger charge is 2.33. The molecule has 0 bridgehead atoms. The first kappa shape index (κ1) is 17.2. The van der Waals surface area contributed by atoms with Crippen LogP contribution in [0.3, 0.4) is 0 Å². The van der Waals surface area contributed by atoms with Gasteiger partial charge in [0.2, 0.25) is 11.8 Å². The Labute approximate surface area is 145 Å². The summed E-state index contributed by atoms with van der Waals surface area (Å²) in [7, 11) is 0. The maximum absolute atomic E-state index is 12.6. The predicted molar refractivity (Wildman–Crippen MR) is 88.9 cm³/mol. The van der Waals surface area contributed by atoms with E-state index in [0.717, 1.165) is 5.56 Å². The molecule has 1 saturated heterocycles. The van der Waals surface area contributed by atoms with Crippen molar-refractivity contribution in [3.63, 3.8) is 0 Å². The number of carboxylic acid groups (broad SMARTS) is 1. The second-order valence-electron chi connectivity index (χ2n) is 6.14. The largest absolute Gasteiger partial charge is 0.479 e. The smallest absolute Gasteiger partial charge is 0.334 e. The average Bonchev–Trinajstić information content (AvgIpc) is 2.96. The van der Waals surface area contributed by atoms with Crippen molar-refractivity contribution in [3.8, 4) is 11.5 Å². The summed E-state index contributed by atoms with van der Waals surface area (Å²) in [5.41, 5.74) is 1.41. The average molecular weight is 344 g/mol. The summed E-state index contributed by atoms with van der Waals surface area (Å²) < 4.78 is 11.0. The predicted octanol–water partition coefficient (Wildman–Crippen LogP) is 1.89. The van der Waals surface area contributed by atoms with Crippen molar-refractivity contribution in [3.05, 3.63) is 41.8 Å². The highest BCUT2D eigenvalue weighted by molar-refractivity contribution is 5.80. The van der Waals surface area contributed by atoms with Gasteiger partial charge in [-0.05, 0) is 26.0 Å². The van der Waals surface area contributed by atoms with Crippen LogP contribution in [0.15, 0.2) is 34.7 Å². The number of oxazole rings is 1. The molecular formula is C18H20N2O5. The molecule has 2 aromatic rings. The van der Waals surface area contributed by atoms with E-state index in [-0.39, 0.29) is 25.0 Å². The molecule has 1 aliphatic rings. The van der Waals surface area contributed by atoms with Crippen molar-refractivity contribution in [2.24, 2.45) is 0 Å². The summed E-state index contributed by atoms with van der Waals surface area (Å²) in [5, 5.41) is 9.13. The van der Waals surface area contributed by atoms with E-state index in [9.17, 15) is 9.59 Å². The first-order valence-corrected chi connectivity index (χ1v) is 8.12. The van der Waals surface area contributed by atoms with Gasteiger partial charge in [0.05, 0.1) is 24.8 Å². The third kappa shape index (κ3) is 3.88. The van der Waals surface area contributed by atoms with E-state index < -0.39 is 12.1 Å². The minimum absolute atomic E-state index is 0.0426. The lowest BCUT2D eigenvalue weighted by molar-refractivity contribution is -0.166. The quantitative estimate of drug-likeness (QED) is 0.910. The van der Waals surface area contributed by atoms with Gasteiger partial charge in [0, 0.05) is 12.1 Å². The summed E-state index contributed by atoms with van der Waals surface area (Å²) in [5.74, 6) is -0.186. The molecule has 7 heteroatoms. The number of ether oxygens (including phenoxy) is 1. The zero-order valence-corrected chi connectivity index (χ0v) is 14.1. The third-order valence-corrected chi connectivity index (χ3v) is 4.12. The zero-order valence-electron chi connectivity index (χ0n) is 14.1. The van der Waals surface area contributed by atoms with Crippen molar-refractivity contribution in [2.45, 2.75) is 32.5 Å². The maximum atomic E-state index is 12.6. The molecule has 25 heavy (non-hydrogen) atoms. The molecular weight excluding hydrogens is 324 g/mol. The third-order valence-electron chi connectivity index (χ3n) is 4.12. The van der Waals surface area contributed by atoms with Crippen molar-refractivity contribution in [1.82, 2.24) is 9.88 Å². The topological polar surface area (TPSA) is 92.9 Å². The van der Waals surface area contributed by atoms with E-state index in [2.05, 4.69) is 4.98 Å². The van der Waals surface area contributed by atoms with Gasteiger partial charge in [-0.25, -0.2) is 9.78 Å². The van der Waals surface area contributed by atoms with Gasteiger partial charge in [-0.2, -0.15) is 0 Å². The monoisotopic (exact) mass is 344 g/mol. The highest BCUT2D eigenvalue weighted by atomic mass is 16.5. The maximum Gasteiger partial charge on any atom is 0.334 e. The second kappa shape index (κ2) is 7.06. The van der Waals surface area contributed by atoms with Crippen LogP contribution in [0, 0.1) is 6.92 Å². The van der Waals surface area contributed by atoms with Crippen molar-refractivity contribution in [2.75, 3.05) is 13.1 Å². The van der Waals surface area contributed by atoms with Crippen molar-refractivity contribution < 1.29 is 23.8 Å². The van der Waals surface area contributed by atoms with Crippen LogP contribution in [-0.4, -0.2) is 52.2 Å². The minimum atomic E-state index is -1.06. The molecule has 1 amide bonds. The molecule has 1 aromatic carbocycles. The Morgan fingerprint density at radius 1 is 1.28 bits per heavy atom. The molecule has 1 aromatic heterocycles. The molecule has 7 nitrogen and oxygen atoms in total. The van der Waals surface area contributed by atoms with Crippen molar-refractivity contribution >= 4 is 11.9 Å². The molecule has 1 fully saturated rings. The lowest BCUT2D eigenvalue weighted by Gasteiger charge is -2.34. The van der Waals surface area contributed by atoms with Gasteiger partial charge in [0.15, 0.2) is 6.10 Å². The van der Waals surface area contributed by atoms with Crippen LogP contribution in [0.2, 0.25) is 0 Å². The molecule has 0 radical (unpaired) electrons. The summed E-state index contributed by atoms with van der Waals surface area (Å²) in [4.78, 5) is 29.7. The number of nitrogens with zero attached hydrogens (tertiary/aromatic N) is 2. The van der Waals surface area contributed by atoms with Crippen LogP contribution in [0.1, 0.15) is 18.4 Å².